The molecule has 15 heavy (non-hydrogen) atoms. The van der Waals surface area contributed by atoms with Crippen molar-refractivity contribution < 1.29 is 0 Å². The normalized spacial score (nSPS) is 11.8. The third kappa shape index (κ3) is 3.91. The maximum atomic E-state index is 5.70. The number of thiophene rings is 1. The van der Waals surface area contributed by atoms with Crippen LogP contribution in [0.1, 0.15) is 28.7 Å². The van der Waals surface area contributed by atoms with Gasteiger partial charge in [0.25, 0.3) is 0 Å². The summed E-state index contributed by atoms with van der Waals surface area (Å²) >= 11 is 1.79. The molecule has 0 fully saturated rings. The second-order valence-corrected chi connectivity index (χ2v) is 4.92. The van der Waals surface area contributed by atoms with Gasteiger partial charge in [0, 0.05) is 16.3 Å². The number of aliphatic imine (C=N–C) groups is 1. The Balaban J connectivity index is 2.48. The predicted molar refractivity (Wildman–Crippen MR) is 67.4 cm³/mol. The summed E-state index contributed by atoms with van der Waals surface area (Å²) < 4.78 is 0. The van der Waals surface area contributed by atoms with Gasteiger partial charge in [0.2, 0.25) is 0 Å². The fraction of sp³-hybridized carbons (Fsp3) is 0.545. The maximum Gasteiger partial charge on any atom is 0.188 e. The van der Waals surface area contributed by atoms with E-state index in [1.807, 2.05) is 0 Å². The summed E-state index contributed by atoms with van der Waals surface area (Å²) in [5.74, 6) is 0.542. The van der Waals surface area contributed by atoms with Gasteiger partial charge in [-0.1, -0.05) is 6.92 Å². The predicted octanol–water partition coefficient (Wildman–Crippen LogP) is 2.18. The Hall–Kier alpha value is -1.03. The van der Waals surface area contributed by atoms with Crippen LogP contribution in [0.2, 0.25) is 0 Å². The molecule has 1 heterocycles. The standard InChI is InChI=1S/C11H19N3S/c1-4-5-13-11(12)14-7-10-6-8(2)9(3)15-10/h6H,4-5,7H2,1-3H3,(H3,12,13,14). The molecule has 1 aromatic rings. The number of hydrogen-bond donors (Lipinski definition) is 2. The monoisotopic (exact) mass is 225 g/mol. The van der Waals surface area contributed by atoms with E-state index in [9.17, 15) is 0 Å². The summed E-state index contributed by atoms with van der Waals surface area (Å²) in [6.45, 7) is 7.93. The van der Waals surface area contributed by atoms with Gasteiger partial charge in [-0.2, -0.15) is 0 Å². The number of aryl methyl sites for hydroxylation is 2. The average Bonchev–Trinajstić information content (AvgIpc) is 2.52. The third-order valence-corrected chi connectivity index (χ3v) is 3.32. The molecule has 0 radical (unpaired) electrons. The van der Waals surface area contributed by atoms with Crippen molar-refractivity contribution in [3.63, 3.8) is 0 Å². The van der Waals surface area contributed by atoms with E-state index in [-0.39, 0.29) is 0 Å². The van der Waals surface area contributed by atoms with Gasteiger partial charge in [0.1, 0.15) is 0 Å². The summed E-state index contributed by atoms with van der Waals surface area (Å²) in [6, 6.07) is 2.18. The second-order valence-electron chi connectivity index (χ2n) is 3.58. The minimum atomic E-state index is 0.542. The molecule has 0 aliphatic rings. The molecule has 0 amide bonds. The summed E-state index contributed by atoms with van der Waals surface area (Å²) in [7, 11) is 0. The van der Waals surface area contributed by atoms with Crippen molar-refractivity contribution in [3.8, 4) is 0 Å². The van der Waals surface area contributed by atoms with Crippen LogP contribution in [0, 0.1) is 13.8 Å². The first-order valence-corrected chi connectivity index (χ1v) is 6.04. The highest BCUT2D eigenvalue weighted by molar-refractivity contribution is 7.12. The van der Waals surface area contributed by atoms with Crippen molar-refractivity contribution in [1.82, 2.24) is 5.32 Å². The number of rotatable bonds is 4. The Morgan fingerprint density at radius 1 is 1.53 bits per heavy atom. The molecule has 0 atom stereocenters. The number of nitrogens with two attached hydrogens (primary N) is 1. The lowest BCUT2D eigenvalue weighted by molar-refractivity contribution is 0.826. The van der Waals surface area contributed by atoms with Crippen LogP contribution in [0.15, 0.2) is 11.1 Å². The van der Waals surface area contributed by atoms with E-state index in [0.29, 0.717) is 12.5 Å². The lowest BCUT2D eigenvalue weighted by Gasteiger charge is -2.01. The fourth-order valence-electron chi connectivity index (χ4n) is 1.20. The summed E-state index contributed by atoms with van der Waals surface area (Å²) in [6.07, 6.45) is 1.06. The summed E-state index contributed by atoms with van der Waals surface area (Å²) in [5.41, 5.74) is 7.03. The van der Waals surface area contributed by atoms with E-state index in [1.165, 1.54) is 15.3 Å². The first kappa shape index (κ1) is 12.0. The Morgan fingerprint density at radius 2 is 2.27 bits per heavy atom. The first-order chi connectivity index (χ1) is 7.13. The second kappa shape index (κ2) is 5.75. The largest absolute Gasteiger partial charge is 0.370 e. The van der Waals surface area contributed by atoms with E-state index in [4.69, 9.17) is 5.73 Å². The Morgan fingerprint density at radius 3 is 2.80 bits per heavy atom. The highest BCUT2D eigenvalue weighted by Crippen LogP contribution is 2.20. The van der Waals surface area contributed by atoms with Crippen molar-refractivity contribution in [1.29, 1.82) is 0 Å². The molecule has 0 bridgehead atoms. The van der Waals surface area contributed by atoms with Crippen LogP contribution in [0.3, 0.4) is 0 Å². The lowest BCUT2D eigenvalue weighted by atomic mass is 10.3. The molecule has 3 N–H and O–H groups in total. The molecule has 1 rings (SSSR count). The third-order valence-electron chi connectivity index (χ3n) is 2.18. The van der Waals surface area contributed by atoms with Crippen molar-refractivity contribution in [3.05, 3.63) is 21.4 Å². The van der Waals surface area contributed by atoms with E-state index in [1.54, 1.807) is 11.3 Å². The molecular formula is C11H19N3S. The van der Waals surface area contributed by atoms with Gasteiger partial charge in [-0.25, -0.2) is 4.99 Å². The maximum absolute atomic E-state index is 5.70. The topological polar surface area (TPSA) is 50.4 Å². The Kier molecular flexibility index (Phi) is 4.62. The molecule has 0 unspecified atom stereocenters. The molecule has 0 spiro atoms. The van der Waals surface area contributed by atoms with Gasteiger partial charge >= 0.3 is 0 Å². The highest BCUT2D eigenvalue weighted by atomic mass is 32.1. The molecule has 84 valence electrons. The minimum absolute atomic E-state index is 0.542. The van der Waals surface area contributed by atoms with Crippen molar-refractivity contribution in [2.75, 3.05) is 6.54 Å². The fourth-order valence-corrected chi connectivity index (χ4v) is 2.18. The average molecular weight is 225 g/mol. The van der Waals surface area contributed by atoms with Crippen molar-refractivity contribution >= 4 is 17.3 Å². The minimum Gasteiger partial charge on any atom is -0.370 e. The van der Waals surface area contributed by atoms with Crippen LogP contribution in [0.5, 0.6) is 0 Å². The highest BCUT2D eigenvalue weighted by Gasteiger charge is 2.00. The molecule has 0 aromatic carbocycles. The number of nitrogens with one attached hydrogen (secondary N) is 1. The summed E-state index contributed by atoms with van der Waals surface area (Å²) in [5, 5.41) is 3.06. The van der Waals surface area contributed by atoms with E-state index in [0.717, 1.165) is 13.0 Å². The number of hydrogen-bond acceptors (Lipinski definition) is 2. The van der Waals surface area contributed by atoms with Crippen LogP contribution >= 0.6 is 11.3 Å². The van der Waals surface area contributed by atoms with Gasteiger partial charge in [-0.3, -0.25) is 0 Å². The molecular weight excluding hydrogens is 206 g/mol. The van der Waals surface area contributed by atoms with Gasteiger partial charge in [-0.05, 0) is 31.9 Å². The van der Waals surface area contributed by atoms with Gasteiger partial charge in [0.15, 0.2) is 5.96 Å². The van der Waals surface area contributed by atoms with Crippen LogP contribution < -0.4 is 11.1 Å². The van der Waals surface area contributed by atoms with Gasteiger partial charge in [0.05, 0.1) is 6.54 Å². The first-order valence-electron chi connectivity index (χ1n) is 5.23. The van der Waals surface area contributed by atoms with Crippen LogP contribution in [0.25, 0.3) is 0 Å². The van der Waals surface area contributed by atoms with Crippen LogP contribution in [-0.2, 0) is 6.54 Å². The lowest BCUT2D eigenvalue weighted by Crippen LogP contribution is -2.32. The SMILES string of the molecule is CCCNC(N)=NCc1cc(C)c(C)s1. The van der Waals surface area contributed by atoms with E-state index >= 15 is 0 Å². The van der Waals surface area contributed by atoms with Crippen LogP contribution in [0.4, 0.5) is 0 Å². The van der Waals surface area contributed by atoms with Gasteiger partial charge in [-0.15, -0.1) is 11.3 Å². The molecule has 0 saturated heterocycles. The van der Waals surface area contributed by atoms with Crippen molar-refractivity contribution in [2.45, 2.75) is 33.7 Å². The van der Waals surface area contributed by atoms with Gasteiger partial charge < -0.3 is 11.1 Å². The Labute approximate surface area is 95.4 Å². The smallest absolute Gasteiger partial charge is 0.188 e. The van der Waals surface area contributed by atoms with Crippen LogP contribution in [-0.4, -0.2) is 12.5 Å². The van der Waals surface area contributed by atoms with E-state index < -0.39 is 0 Å². The van der Waals surface area contributed by atoms with Crippen molar-refractivity contribution in [2.24, 2.45) is 10.7 Å². The number of guanidine groups is 1. The number of nitrogens with zero attached hydrogens (tertiary/aromatic N) is 1. The Bertz CT molecular complexity index is 322. The molecule has 0 aliphatic carbocycles. The zero-order chi connectivity index (χ0) is 11.3. The molecule has 0 aliphatic heterocycles. The molecule has 3 nitrogen and oxygen atoms in total. The summed E-state index contributed by atoms with van der Waals surface area (Å²) in [4.78, 5) is 6.91. The molecule has 0 saturated carbocycles. The molecule has 1 aromatic heterocycles. The quantitative estimate of drug-likeness (QED) is 0.609. The zero-order valence-corrected chi connectivity index (χ0v) is 10.4. The zero-order valence-electron chi connectivity index (χ0n) is 9.63. The molecule has 4 heteroatoms. The van der Waals surface area contributed by atoms with E-state index in [2.05, 4.69) is 37.1 Å².